The van der Waals surface area contributed by atoms with Crippen LogP contribution in [-0.4, -0.2) is 33.2 Å². The number of halogens is 1. The third-order valence-electron chi connectivity index (χ3n) is 3.38. The number of ether oxygens (including phenoxy) is 1. The molecule has 0 unspecified atom stereocenters. The van der Waals surface area contributed by atoms with Crippen molar-refractivity contribution in [3.05, 3.63) is 65.0 Å². The summed E-state index contributed by atoms with van der Waals surface area (Å²) < 4.78 is 41.0. The van der Waals surface area contributed by atoms with Gasteiger partial charge in [0.2, 0.25) is 0 Å². The molecule has 0 aromatic heterocycles. The van der Waals surface area contributed by atoms with Crippen LogP contribution in [0.15, 0.2) is 42.5 Å². The van der Waals surface area contributed by atoms with Gasteiger partial charge < -0.3 is 10.1 Å². The van der Waals surface area contributed by atoms with Gasteiger partial charge in [0.25, 0.3) is 5.91 Å². The second-order valence-electron chi connectivity index (χ2n) is 5.86. The molecule has 0 saturated heterocycles. The summed E-state index contributed by atoms with van der Waals surface area (Å²) in [6, 6.07) is 10.2. The summed E-state index contributed by atoms with van der Waals surface area (Å²) in [4.78, 5) is 23.8. The average Bonchev–Trinajstić information content (AvgIpc) is 2.55. The summed E-state index contributed by atoms with van der Waals surface area (Å²) in [6.45, 7) is 1.05. The number of carbonyl (C=O) groups is 2. The Balaban J connectivity index is 1.94. The van der Waals surface area contributed by atoms with Gasteiger partial charge in [0, 0.05) is 11.9 Å². The number of rotatable bonds is 6. The van der Waals surface area contributed by atoms with Gasteiger partial charge in [-0.1, -0.05) is 18.2 Å². The number of aryl methyl sites for hydroxylation is 1. The number of hydrogen-bond donors (Lipinski definition) is 1. The Morgan fingerprint density at radius 2 is 1.88 bits per heavy atom. The van der Waals surface area contributed by atoms with Gasteiger partial charge in [0.15, 0.2) is 16.4 Å². The quantitative estimate of drug-likeness (QED) is 0.779. The highest BCUT2D eigenvalue weighted by molar-refractivity contribution is 7.89. The molecule has 1 amide bonds. The zero-order valence-corrected chi connectivity index (χ0v) is 15.1. The van der Waals surface area contributed by atoms with E-state index in [2.05, 4.69) is 5.32 Å². The summed E-state index contributed by atoms with van der Waals surface area (Å²) in [5.74, 6) is -2.03. The lowest BCUT2D eigenvalue weighted by atomic mass is 10.1. The molecule has 8 heteroatoms. The molecule has 0 heterocycles. The number of benzene rings is 2. The van der Waals surface area contributed by atoms with E-state index < -0.39 is 34.1 Å². The number of esters is 1. The van der Waals surface area contributed by atoms with E-state index in [0.29, 0.717) is 11.1 Å². The van der Waals surface area contributed by atoms with Gasteiger partial charge in [0.05, 0.1) is 11.3 Å². The molecule has 0 aliphatic carbocycles. The van der Waals surface area contributed by atoms with Crippen molar-refractivity contribution >= 4 is 27.4 Å². The lowest BCUT2D eigenvalue weighted by Gasteiger charge is -2.08. The molecule has 0 spiro atoms. The molecule has 0 aliphatic rings. The number of nitrogens with one attached hydrogen (secondary N) is 1. The number of sulfone groups is 1. The third kappa shape index (κ3) is 5.96. The summed E-state index contributed by atoms with van der Waals surface area (Å²) in [5, 5.41) is 2.42. The van der Waals surface area contributed by atoms with Crippen LogP contribution in [0.2, 0.25) is 0 Å². The second-order valence-corrected chi connectivity index (χ2v) is 8.00. The molecule has 2 aromatic carbocycles. The standard InChI is InChI=1S/C18H18FNO5S/c1-12-6-7-15(9-16(12)19)20-17(21)10-25-18(22)14-5-3-4-13(8-14)11-26(2,23)24/h3-9H,10-11H2,1-2H3,(H,20,21). The molecule has 2 rings (SSSR count). The highest BCUT2D eigenvalue weighted by atomic mass is 32.2. The van der Waals surface area contributed by atoms with Gasteiger partial charge in [-0.05, 0) is 42.3 Å². The Labute approximate surface area is 150 Å². The molecular formula is C18H18FNO5S. The maximum atomic E-state index is 13.4. The zero-order valence-electron chi connectivity index (χ0n) is 14.3. The topological polar surface area (TPSA) is 89.5 Å². The fraction of sp³-hybridized carbons (Fsp3) is 0.222. The minimum Gasteiger partial charge on any atom is -0.452 e. The maximum absolute atomic E-state index is 13.4. The van der Waals surface area contributed by atoms with E-state index in [-0.39, 0.29) is 17.0 Å². The number of hydrogen-bond acceptors (Lipinski definition) is 5. The summed E-state index contributed by atoms with van der Waals surface area (Å²) >= 11 is 0. The Morgan fingerprint density at radius 1 is 1.15 bits per heavy atom. The van der Waals surface area contributed by atoms with Gasteiger partial charge in [0.1, 0.15) is 5.82 Å². The van der Waals surface area contributed by atoms with Crippen molar-refractivity contribution in [3.63, 3.8) is 0 Å². The van der Waals surface area contributed by atoms with Crippen LogP contribution in [0.1, 0.15) is 21.5 Å². The molecule has 6 nitrogen and oxygen atoms in total. The molecule has 0 atom stereocenters. The minimum absolute atomic E-state index is 0.139. The van der Waals surface area contributed by atoms with Crippen LogP contribution < -0.4 is 5.32 Å². The molecule has 0 saturated carbocycles. The van der Waals surface area contributed by atoms with Crippen molar-refractivity contribution in [1.82, 2.24) is 0 Å². The molecule has 0 radical (unpaired) electrons. The molecule has 1 N–H and O–H groups in total. The number of carbonyl (C=O) groups excluding carboxylic acids is 2. The lowest BCUT2D eigenvalue weighted by molar-refractivity contribution is -0.119. The second kappa shape index (κ2) is 8.09. The number of amides is 1. The van der Waals surface area contributed by atoms with E-state index >= 15 is 0 Å². The van der Waals surface area contributed by atoms with Gasteiger partial charge in [-0.25, -0.2) is 17.6 Å². The van der Waals surface area contributed by atoms with Crippen LogP contribution in [0, 0.1) is 12.7 Å². The SMILES string of the molecule is Cc1ccc(NC(=O)COC(=O)c2cccc(CS(C)(=O)=O)c2)cc1F. The third-order valence-corrected chi connectivity index (χ3v) is 4.24. The average molecular weight is 379 g/mol. The predicted molar refractivity (Wildman–Crippen MR) is 95.0 cm³/mol. The molecule has 138 valence electrons. The fourth-order valence-corrected chi connectivity index (χ4v) is 2.96. The maximum Gasteiger partial charge on any atom is 0.338 e. The minimum atomic E-state index is -3.23. The van der Waals surface area contributed by atoms with Crippen LogP contribution in [0.4, 0.5) is 10.1 Å². The Morgan fingerprint density at radius 3 is 2.54 bits per heavy atom. The van der Waals surface area contributed by atoms with Gasteiger partial charge in [-0.2, -0.15) is 0 Å². The van der Waals surface area contributed by atoms with E-state index in [1.54, 1.807) is 13.0 Å². The highest BCUT2D eigenvalue weighted by Gasteiger charge is 2.13. The first-order valence-corrected chi connectivity index (χ1v) is 9.70. The van der Waals surface area contributed by atoms with E-state index in [9.17, 15) is 22.4 Å². The van der Waals surface area contributed by atoms with Crippen LogP contribution in [-0.2, 0) is 25.1 Å². The Hall–Kier alpha value is -2.74. The normalized spacial score (nSPS) is 11.0. The monoisotopic (exact) mass is 379 g/mol. The smallest absolute Gasteiger partial charge is 0.338 e. The van der Waals surface area contributed by atoms with Crippen molar-refractivity contribution in [1.29, 1.82) is 0 Å². The molecule has 0 bridgehead atoms. The first-order chi connectivity index (χ1) is 12.1. The van der Waals surface area contributed by atoms with E-state index in [0.717, 1.165) is 6.26 Å². The summed E-state index contributed by atoms with van der Waals surface area (Å²) in [6.07, 6.45) is 1.09. The van der Waals surface area contributed by atoms with Crippen LogP contribution in [0.3, 0.4) is 0 Å². The predicted octanol–water partition coefficient (Wildman–Crippen LogP) is 2.47. The first-order valence-electron chi connectivity index (χ1n) is 7.64. The number of anilines is 1. The fourth-order valence-electron chi connectivity index (χ4n) is 2.17. The Bertz CT molecular complexity index is 940. The van der Waals surface area contributed by atoms with E-state index in [1.807, 2.05) is 0 Å². The molecule has 2 aromatic rings. The molecular weight excluding hydrogens is 361 g/mol. The van der Waals surface area contributed by atoms with Crippen molar-refractivity contribution < 1.29 is 27.1 Å². The van der Waals surface area contributed by atoms with Crippen LogP contribution in [0.5, 0.6) is 0 Å². The lowest BCUT2D eigenvalue weighted by Crippen LogP contribution is -2.21. The van der Waals surface area contributed by atoms with Gasteiger partial charge in [-0.3, -0.25) is 4.79 Å². The summed E-state index contributed by atoms with van der Waals surface area (Å²) in [7, 11) is -3.23. The van der Waals surface area contributed by atoms with Crippen molar-refractivity contribution in [2.45, 2.75) is 12.7 Å². The van der Waals surface area contributed by atoms with Gasteiger partial charge >= 0.3 is 5.97 Å². The zero-order chi connectivity index (χ0) is 19.3. The molecule has 0 aliphatic heterocycles. The Kier molecular flexibility index (Phi) is 6.10. The van der Waals surface area contributed by atoms with Crippen LogP contribution >= 0.6 is 0 Å². The van der Waals surface area contributed by atoms with Crippen molar-refractivity contribution in [3.8, 4) is 0 Å². The van der Waals surface area contributed by atoms with E-state index in [4.69, 9.17) is 4.74 Å². The van der Waals surface area contributed by atoms with E-state index in [1.165, 1.54) is 36.4 Å². The molecule has 0 fully saturated rings. The largest absolute Gasteiger partial charge is 0.452 e. The summed E-state index contributed by atoms with van der Waals surface area (Å²) in [5.41, 5.74) is 1.29. The van der Waals surface area contributed by atoms with Gasteiger partial charge in [-0.15, -0.1) is 0 Å². The molecule has 26 heavy (non-hydrogen) atoms. The first kappa shape index (κ1) is 19.6. The van der Waals surface area contributed by atoms with Crippen molar-refractivity contribution in [2.24, 2.45) is 0 Å². The highest BCUT2D eigenvalue weighted by Crippen LogP contribution is 2.14. The van der Waals surface area contributed by atoms with Crippen LogP contribution in [0.25, 0.3) is 0 Å². The van der Waals surface area contributed by atoms with Crippen molar-refractivity contribution in [2.75, 3.05) is 18.2 Å².